The zero-order chi connectivity index (χ0) is 15.4. The van der Waals surface area contributed by atoms with Gasteiger partial charge in [-0.2, -0.15) is 0 Å². The fourth-order valence-corrected chi connectivity index (χ4v) is 1.72. The average molecular weight is 308 g/mol. The van der Waals surface area contributed by atoms with Crippen molar-refractivity contribution in [2.75, 3.05) is 10.6 Å². The monoisotopic (exact) mass is 307 g/mol. The van der Waals surface area contributed by atoms with Crippen molar-refractivity contribution in [2.24, 2.45) is 0 Å². The number of rotatable bonds is 2. The molecule has 0 saturated heterocycles. The summed E-state index contributed by atoms with van der Waals surface area (Å²) in [4.78, 5) is 27.4. The Labute approximate surface area is 125 Å². The van der Waals surface area contributed by atoms with Gasteiger partial charge in [0.05, 0.1) is 5.02 Å². The maximum Gasteiger partial charge on any atom is 0.315 e. The molecule has 2 N–H and O–H groups in total. The van der Waals surface area contributed by atoms with E-state index >= 15 is 0 Å². The van der Waals surface area contributed by atoms with E-state index in [0.29, 0.717) is 5.82 Å². The second-order valence-electron chi connectivity index (χ2n) is 4.21. The van der Waals surface area contributed by atoms with E-state index in [0.717, 1.165) is 11.6 Å². The van der Waals surface area contributed by atoms with Gasteiger partial charge in [0.25, 0.3) is 0 Å². The van der Waals surface area contributed by atoms with E-state index in [1.54, 1.807) is 19.1 Å². The quantitative estimate of drug-likeness (QED) is 0.838. The Morgan fingerprint density at radius 1 is 1.19 bits per heavy atom. The number of halogens is 2. The molecule has 7 heteroatoms. The maximum absolute atomic E-state index is 13.0. The summed E-state index contributed by atoms with van der Waals surface area (Å²) in [6.07, 6.45) is 1.50. The topological polar surface area (TPSA) is 71.1 Å². The Bertz CT molecular complexity index is 706. The molecule has 1 aromatic carbocycles. The van der Waals surface area contributed by atoms with Crippen LogP contribution in [0.25, 0.3) is 0 Å². The van der Waals surface area contributed by atoms with Crippen LogP contribution in [0.2, 0.25) is 5.02 Å². The summed E-state index contributed by atoms with van der Waals surface area (Å²) < 4.78 is 13.0. The minimum atomic E-state index is -0.900. The lowest BCUT2D eigenvalue weighted by Gasteiger charge is -2.08. The lowest BCUT2D eigenvalue weighted by Crippen LogP contribution is -2.29. The van der Waals surface area contributed by atoms with Crippen molar-refractivity contribution in [1.29, 1.82) is 0 Å². The van der Waals surface area contributed by atoms with Gasteiger partial charge in [-0.15, -0.1) is 0 Å². The molecule has 2 rings (SSSR count). The molecule has 0 radical (unpaired) electrons. The molecule has 1 heterocycles. The molecular formula is C14H11ClFN3O2. The van der Waals surface area contributed by atoms with Crippen molar-refractivity contribution < 1.29 is 14.0 Å². The number of pyridine rings is 1. The third-order valence-electron chi connectivity index (χ3n) is 2.63. The second-order valence-corrected chi connectivity index (χ2v) is 4.61. The molecule has 0 atom stereocenters. The van der Waals surface area contributed by atoms with Crippen molar-refractivity contribution in [3.8, 4) is 0 Å². The number of aromatic nitrogens is 1. The fraction of sp³-hybridized carbons (Fsp3) is 0.0714. The predicted molar refractivity (Wildman–Crippen MR) is 77.6 cm³/mol. The third kappa shape index (κ3) is 3.76. The van der Waals surface area contributed by atoms with E-state index < -0.39 is 17.6 Å². The van der Waals surface area contributed by atoms with Gasteiger partial charge in [0.1, 0.15) is 11.6 Å². The lowest BCUT2D eigenvalue weighted by atomic mass is 10.3. The molecular weight excluding hydrogens is 297 g/mol. The Morgan fingerprint density at radius 2 is 1.90 bits per heavy atom. The molecule has 0 aliphatic heterocycles. The number of carbonyl (C=O) groups is 2. The molecule has 21 heavy (non-hydrogen) atoms. The zero-order valence-electron chi connectivity index (χ0n) is 11.0. The van der Waals surface area contributed by atoms with Crippen molar-refractivity contribution in [1.82, 2.24) is 4.98 Å². The molecule has 2 aromatic rings. The van der Waals surface area contributed by atoms with Crippen LogP contribution in [0.1, 0.15) is 5.56 Å². The minimum Gasteiger partial charge on any atom is -0.318 e. The number of nitrogens with one attached hydrogen (secondary N) is 2. The maximum atomic E-state index is 13.0. The van der Waals surface area contributed by atoms with Gasteiger partial charge in [-0.1, -0.05) is 17.7 Å². The SMILES string of the molecule is Cc1cccnc1NC(=O)C(=O)Nc1ccc(F)c(Cl)c1. The van der Waals surface area contributed by atoms with Crippen molar-refractivity contribution in [3.05, 3.63) is 52.9 Å². The molecule has 0 spiro atoms. The molecule has 0 bridgehead atoms. The summed E-state index contributed by atoms with van der Waals surface area (Å²) in [5, 5.41) is 4.56. The molecule has 0 unspecified atom stereocenters. The molecule has 1 aromatic heterocycles. The highest BCUT2D eigenvalue weighted by Gasteiger charge is 2.16. The first-order valence-corrected chi connectivity index (χ1v) is 6.34. The Hall–Kier alpha value is -2.47. The van der Waals surface area contributed by atoms with Crippen LogP contribution >= 0.6 is 11.6 Å². The largest absolute Gasteiger partial charge is 0.318 e. The van der Waals surface area contributed by atoms with E-state index in [-0.39, 0.29) is 10.7 Å². The molecule has 0 aliphatic rings. The summed E-state index contributed by atoms with van der Waals surface area (Å²) >= 11 is 5.59. The van der Waals surface area contributed by atoms with Crippen molar-refractivity contribution >= 4 is 34.9 Å². The molecule has 0 saturated carbocycles. The average Bonchev–Trinajstić information content (AvgIpc) is 2.45. The summed E-state index contributed by atoms with van der Waals surface area (Å²) in [6, 6.07) is 7.08. The molecule has 0 fully saturated rings. The van der Waals surface area contributed by atoms with E-state index in [9.17, 15) is 14.0 Å². The first-order valence-electron chi connectivity index (χ1n) is 5.96. The van der Waals surface area contributed by atoms with E-state index in [2.05, 4.69) is 15.6 Å². The minimum absolute atomic E-state index is 0.145. The molecule has 108 valence electrons. The Morgan fingerprint density at radius 3 is 2.57 bits per heavy atom. The van der Waals surface area contributed by atoms with Crippen LogP contribution in [0.15, 0.2) is 36.5 Å². The van der Waals surface area contributed by atoms with Gasteiger partial charge in [0.2, 0.25) is 0 Å². The van der Waals surface area contributed by atoms with Crippen LogP contribution in [0.5, 0.6) is 0 Å². The second kappa shape index (κ2) is 6.32. The summed E-state index contributed by atoms with van der Waals surface area (Å²) in [5.74, 6) is -2.09. The first-order chi connectivity index (χ1) is 9.97. The van der Waals surface area contributed by atoms with Crippen molar-refractivity contribution in [2.45, 2.75) is 6.92 Å². The van der Waals surface area contributed by atoms with Crippen molar-refractivity contribution in [3.63, 3.8) is 0 Å². The van der Waals surface area contributed by atoms with E-state index in [1.165, 1.54) is 18.3 Å². The van der Waals surface area contributed by atoms with Gasteiger partial charge < -0.3 is 10.6 Å². The third-order valence-corrected chi connectivity index (χ3v) is 2.91. The van der Waals surface area contributed by atoms with Crippen LogP contribution in [0.4, 0.5) is 15.9 Å². The predicted octanol–water partition coefficient (Wildman–Crippen LogP) is 2.76. The Kier molecular flexibility index (Phi) is 4.49. The highest BCUT2D eigenvalue weighted by molar-refractivity contribution is 6.43. The normalized spacial score (nSPS) is 10.0. The zero-order valence-corrected chi connectivity index (χ0v) is 11.7. The van der Waals surface area contributed by atoms with Crippen LogP contribution in [-0.4, -0.2) is 16.8 Å². The van der Waals surface area contributed by atoms with Gasteiger partial charge >= 0.3 is 11.8 Å². The van der Waals surface area contributed by atoms with Crippen LogP contribution in [0, 0.1) is 12.7 Å². The van der Waals surface area contributed by atoms with Gasteiger partial charge in [0.15, 0.2) is 0 Å². The lowest BCUT2D eigenvalue weighted by molar-refractivity contribution is -0.133. The highest BCUT2D eigenvalue weighted by Crippen LogP contribution is 2.19. The number of hydrogen-bond acceptors (Lipinski definition) is 3. The van der Waals surface area contributed by atoms with Crippen LogP contribution in [-0.2, 0) is 9.59 Å². The van der Waals surface area contributed by atoms with E-state index in [4.69, 9.17) is 11.6 Å². The highest BCUT2D eigenvalue weighted by atomic mass is 35.5. The number of benzene rings is 1. The Balaban J connectivity index is 2.04. The van der Waals surface area contributed by atoms with Crippen LogP contribution < -0.4 is 10.6 Å². The molecule has 2 amide bonds. The molecule has 0 aliphatic carbocycles. The number of anilines is 2. The smallest absolute Gasteiger partial charge is 0.315 e. The van der Waals surface area contributed by atoms with Gasteiger partial charge in [0, 0.05) is 11.9 Å². The van der Waals surface area contributed by atoms with Gasteiger partial charge in [-0.3, -0.25) is 9.59 Å². The standard InChI is InChI=1S/C14H11ClFN3O2/c1-8-3-2-6-17-12(8)19-14(21)13(20)18-9-4-5-11(16)10(15)7-9/h2-7H,1H3,(H,18,20)(H,17,19,21). The number of nitrogens with zero attached hydrogens (tertiary/aromatic N) is 1. The first kappa shape index (κ1) is 14.9. The number of aryl methyl sites for hydroxylation is 1. The fourth-order valence-electron chi connectivity index (χ4n) is 1.54. The molecule has 5 nitrogen and oxygen atoms in total. The van der Waals surface area contributed by atoms with Crippen LogP contribution in [0.3, 0.4) is 0 Å². The number of carbonyl (C=O) groups excluding carboxylic acids is 2. The number of hydrogen-bond donors (Lipinski definition) is 2. The summed E-state index contributed by atoms with van der Waals surface area (Å²) in [7, 11) is 0. The van der Waals surface area contributed by atoms with Gasteiger partial charge in [-0.05, 0) is 36.8 Å². The number of amides is 2. The summed E-state index contributed by atoms with van der Waals surface area (Å²) in [6.45, 7) is 1.75. The van der Waals surface area contributed by atoms with Gasteiger partial charge in [-0.25, -0.2) is 9.37 Å². The summed E-state index contributed by atoms with van der Waals surface area (Å²) in [5.41, 5.74) is 0.947. The van der Waals surface area contributed by atoms with E-state index in [1.807, 2.05) is 0 Å².